The highest BCUT2D eigenvalue weighted by atomic mass is 16.4. The maximum atomic E-state index is 10.4. The van der Waals surface area contributed by atoms with Crippen molar-refractivity contribution in [2.45, 2.75) is 6.04 Å². The molecule has 0 saturated carbocycles. The van der Waals surface area contributed by atoms with Gasteiger partial charge >= 0.3 is 5.97 Å². The van der Waals surface area contributed by atoms with Crippen LogP contribution in [0, 0.1) is 0 Å². The fourth-order valence-electron chi connectivity index (χ4n) is 0.939. The van der Waals surface area contributed by atoms with Gasteiger partial charge in [0.2, 0.25) is 0 Å². The Morgan fingerprint density at radius 1 is 1.53 bits per heavy atom. The molecule has 0 aliphatic carbocycles. The standard InChI is InChI=1S/C10H12N2O3/c11-8(10(14)15)6-12-5-7-3-1-2-4-9(7)13/h1-5,8,13H,6,11H2,(H,14,15)/t8-/m1/s1. The molecule has 5 heteroatoms. The third-order valence-electron chi connectivity index (χ3n) is 1.79. The molecule has 0 heterocycles. The fourth-order valence-corrected chi connectivity index (χ4v) is 0.939. The van der Waals surface area contributed by atoms with Gasteiger partial charge in [-0.15, -0.1) is 0 Å². The van der Waals surface area contributed by atoms with Crippen molar-refractivity contribution in [3.05, 3.63) is 29.8 Å². The minimum atomic E-state index is -1.09. The first-order chi connectivity index (χ1) is 7.11. The summed E-state index contributed by atoms with van der Waals surface area (Å²) in [6, 6.07) is 5.63. The Morgan fingerprint density at radius 3 is 2.80 bits per heavy atom. The molecule has 1 atom stereocenters. The molecule has 0 bridgehead atoms. The molecule has 0 amide bonds. The summed E-state index contributed by atoms with van der Waals surface area (Å²) < 4.78 is 0. The van der Waals surface area contributed by atoms with Gasteiger partial charge in [0.25, 0.3) is 0 Å². The molecule has 0 aliphatic rings. The second kappa shape index (κ2) is 5.11. The number of aliphatic imine (C=N–C) groups is 1. The average Bonchev–Trinajstić information content (AvgIpc) is 2.20. The van der Waals surface area contributed by atoms with Crippen LogP contribution >= 0.6 is 0 Å². The van der Waals surface area contributed by atoms with Crippen LogP contribution in [0.1, 0.15) is 5.56 Å². The van der Waals surface area contributed by atoms with Gasteiger partial charge in [0.1, 0.15) is 11.8 Å². The maximum Gasteiger partial charge on any atom is 0.322 e. The van der Waals surface area contributed by atoms with E-state index < -0.39 is 12.0 Å². The number of nitrogens with zero attached hydrogens (tertiary/aromatic N) is 1. The number of hydrogen-bond donors (Lipinski definition) is 3. The highest BCUT2D eigenvalue weighted by Crippen LogP contribution is 2.12. The van der Waals surface area contributed by atoms with Crippen molar-refractivity contribution in [2.24, 2.45) is 10.7 Å². The van der Waals surface area contributed by atoms with Crippen molar-refractivity contribution >= 4 is 12.2 Å². The Kier molecular flexibility index (Phi) is 3.82. The summed E-state index contributed by atoms with van der Waals surface area (Å²) >= 11 is 0. The van der Waals surface area contributed by atoms with Crippen molar-refractivity contribution in [1.82, 2.24) is 0 Å². The minimum absolute atomic E-state index is 0.0103. The molecule has 0 saturated heterocycles. The molecule has 80 valence electrons. The highest BCUT2D eigenvalue weighted by molar-refractivity contribution is 5.83. The summed E-state index contributed by atoms with van der Waals surface area (Å²) in [6.45, 7) is -0.0103. The number of aliphatic carboxylic acids is 1. The van der Waals surface area contributed by atoms with Crippen LogP contribution in [0.15, 0.2) is 29.3 Å². The summed E-state index contributed by atoms with van der Waals surface area (Å²) in [7, 11) is 0. The minimum Gasteiger partial charge on any atom is -0.507 e. The molecule has 5 nitrogen and oxygen atoms in total. The Labute approximate surface area is 86.9 Å². The summed E-state index contributed by atoms with van der Waals surface area (Å²) in [4.78, 5) is 14.2. The number of benzene rings is 1. The molecule has 1 aromatic rings. The zero-order chi connectivity index (χ0) is 11.3. The van der Waals surface area contributed by atoms with Gasteiger partial charge in [0.05, 0.1) is 6.54 Å². The van der Waals surface area contributed by atoms with Crippen LogP contribution in [0.3, 0.4) is 0 Å². The van der Waals surface area contributed by atoms with Gasteiger partial charge in [-0.2, -0.15) is 0 Å². The van der Waals surface area contributed by atoms with E-state index in [2.05, 4.69) is 4.99 Å². The summed E-state index contributed by atoms with van der Waals surface area (Å²) in [5, 5.41) is 17.8. The molecular formula is C10H12N2O3. The molecule has 15 heavy (non-hydrogen) atoms. The molecule has 0 aliphatic heterocycles. The van der Waals surface area contributed by atoms with Gasteiger partial charge in [-0.25, -0.2) is 0 Å². The van der Waals surface area contributed by atoms with Crippen molar-refractivity contribution in [3.63, 3.8) is 0 Å². The third-order valence-corrected chi connectivity index (χ3v) is 1.79. The van der Waals surface area contributed by atoms with Crippen LogP contribution in [0.5, 0.6) is 5.75 Å². The predicted octanol–water partition coefficient (Wildman–Crippen LogP) is 0.223. The molecule has 0 fully saturated rings. The third kappa shape index (κ3) is 3.40. The van der Waals surface area contributed by atoms with Gasteiger partial charge in [-0.3, -0.25) is 9.79 Å². The zero-order valence-electron chi connectivity index (χ0n) is 8.00. The SMILES string of the molecule is N[C@H](CN=Cc1ccccc1O)C(=O)O. The van der Waals surface area contributed by atoms with Crippen molar-refractivity contribution in [3.8, 4) is 5.75 Å². The number of para-hydroxylation sites is 1. The van der Waals surface area contributed by atoms with Crippen LogP contribution in [0.4, 0.5) is 0 Å². The molecular weight excluding hydrogens is 196 g/mol. The van der Waals surface area contributed by atoms with Crippen LogP contribution in [-0.2, 0) is 4.79 Å². The molecule has 0 unspecified atom stereocenters. The smallest absolute Gasteiger partial charge is 0.322 e. The van der Waals surface area contributed by atoms with Crippen LogP contribution < -0.4 is 5.73 Å². The molecule has 0 aromatic heterocycles. The second-order valence-corrected chi connectivity index (χ2v) is 3.00. The van der Waals surface area contributed by atoms with E-state index in [9.17, 15) is 9.90 Å². The number of aromatic hydroxyl groups is 1. The van der Waals surface area contributed by atoms with Gasteiger partial charge in [-0.1, -0.05) is 12.1 Å². The maximum absolute atomic E-state index is 10.4. The van der Waals surface area contributed by atoms with E-state index in [1.54, 1.807) is 18.2 Å². The molecule has 0 radical (unpaired) electrons. The summed E-state index contributed by atoms with van der Waals surface area (Å²) in [5.41, 5.74) is 5.78. The lowest BCUT2D eigenvalue weighted by Crippen LogP contribution is -2.32. The lowest BCUT2D eigenvalue weighted by molar-refractivity contribution is -0.138. The topological polar surface area (TPSA) is 95.9 Å². The second-order valence-electron chi connectivity index (χ2n) is 3.00. The van der Waals surface area contributed by atoms with Gasteiger partial charge in [0.15, 0.2) is 0 Å². The zero-order valence-corrected chi connectivity index (χ0v) is 8.00. The van der Waals surface area contributed by atoms with E-state index in [4.69, 9.17) is 10.8 Å². The van der Waals surface area contributed by atoms with E-state index in [1.165, 1.54) is 12.3 Å². The Balaban J connectivity index is 2.59. The van der Waals surface area contributed by atoms with E-state index in [0.29, 0.717) is 5.56 Å². The lowest BCUT2D eigenvalue weighted by Gasteiger charge is -2.01. The van der Waals surface area contributed by atoms with E-state index in [0.717, 1.165) is 0 Å². The number of carboxylic acid groups (broad SMARTS) is 1. The van der Waals surface area contributed by atoms with Crippen molar-refractivity contribution in [2.75, 3.05) is 6.54 Å². The Morgan fingerprint density at radius 2 is 2.20 bits per heavy atom. The van der Waals surface area contributed by atoms with Crippen LogP contribution in [0.2, 0.25) is 0 Å². The highest BCUT2D eigenvalue weighted by Gasteiger charge is 2.08. The number of carbonyl (C=O) groups is 1. The lowest BCUT2D eigenvalue weighted by atomic mass is 10.2. The monoisotopic (exact) mass is 208 g/mol. The summed E-state index contributed by atoms with van der Waals surface area (Å²) in [5.74, 6) is -0.991. The van der Waals surface area contributed by atoms with Crippen molar-refractivity contribution in [1.29, 1.82) is 0 Å². The number of nitrogens with two attached hydrogens (primary N) is 1. The quantitative estimate of drug-likeness (QED) is 0.617. The Hall–Kier alpha value is -1.88. The van der Waals surface area contributed by atoms with Crippen LogP contribution in [0.25, 0.3) is 0 Å². The number of hydrogen-bond acceptors (Lipinski definition) is 4. The van der Waals surface area contributed by atoms with Gasteiger partial charge in [0, 0.05) is 11.8 Å². The fraction of sp³-hybridized carbons (Fsp3) is 0.200. The van der Waals surface area contributed by atoms with Gasteiger partial charge < -0.3 is 15.9 Å². The molecule has 1 rings (SSSR count). The van der Waals surface area contributed by atoms with Crippen LogP contribution in [-0.4, -0.2) is 35.0 Å². The largest absolute Gasteiger partial charge is 0.507 e. The summed E-state index contributed by atoms with van der Waals surface area (Å²) in [6.07, 6.45) is 1.40. The number of phenolic OH excluding ortho intramolecular Hbond substituents is 1. The normalized spacial score (nSPS) is 12.9. The average molecular weight is 208 g/mol. The number of rotatable bonds is 4. The first kappa shape index (κ1) is 11.2. The first-order valence-corrected chi connectivity index (χ1v) is 4.37. The van der Waals surface area contributed by atoms with Gasteiger partial charge in [-0.05, 0) is 12.1 Å². The van der Waals surface area contributed by atoms with E-state index in [-0.39, 0.29) is 12.3 Å². The van der Waals surface area contributed by atoms with E-state index in [1.807, 2.05) is 0 Å². The first-order valence-electron chi connectivity index (χ1n) is 4.37. The predicted molar refractivity (Wildman–Crippen MR) is 56.2 cm³/mol. The number of carboxylic acids is 1. The van der Waals surface area contributed by atoms with Crippen molar-refractivity contribution < 1.29 is 15.0 Å². The Bertz CT molecular complexity index is 377. The van der Waals surface area contributed by atoms with E-state index >= 15 is 0 Å². The molecule has 4 N–H and O–H groups in total. The molecule has 1 aromatic carbocycles. The number of phenols is 1. The molecule has 0 spiro atoms.